The molecular weight excluding hydrogens is 202 g/mol. The van der Waals surface area contributed by atoms with Crippen molar-refractivity contribution in [3.8, 4) is 0 Å². The number of quaternary nitrogens is 1. The zero-order valence-corrected chi connectivity index (χ0v) is 10.3. The summed E-state index contributed by atoms with van der Waals surface area (Å²) < 4.78 is 0. The van der Waals surface area contributed by atoms with Gasteiger partial charge in [-0.2, -0.15) is 0 Å². The molecule has 0 spiro atoms. The van der Waals surface area contributed by atoms with Crippen molar-refractivity contribution < 1.29 is 15.5 Å². The lowest BCUT2D eigenvalue weighted by atomic mass is 9.73. The van der Waals surface area contributed by atoms with Crippen molar-refractivity contribution in [1.82, 2.24) is 0 Å². The van der Waals surface area contributed by atoms with Crippen LogP contribution in [0.15, 0.2) is 0 Å². The molecule has 1 aliphatic carbocycles. The molecule has 0 aromatic heterocycles. The first kappa shape index (κ1) is 12.3. The van der Waals surface area contributed by atoms with Gasteiger partial charge < -0.3 is 15.5 Å². The van der Waals surface area contributed by atoms with Gasteiger partial charge in [0.25, 0.3) is 0 Å². The Morgan fingerprint density at radius 2 is 2.12 bits per heavy atom. The van der Waals surface area contributed by atoms with Crippen molar-refractivity contribution in [3.63, 3.8) is 0 Å². The lowest BCUT2D eigenvalue weighted by Crippen LogP contribution is -2.96. The van der Waals surface area contributed by atoms with Gasteiger partial charge in [0.15, 0.2) is 0 Å². The van der Waals surface area contributed by atoms with E-state index in [9.17, 15) is 10.2 Å². The average molecular weight is 227 g/mol. The Bertz CT molecular complexity index is 222. The van der Waals surface area contributed by atoms with Gasteiger partial charge in [-0.05, 0) is 31.6 Å². The zero-order chi connectivity index (χ0) is 11.5. The monoisotopic (exact) mass is 227 g/mol. The lowest BCUT2D eigenvalue weighted by molar-refractivity contribution is -0.735. The molecule has 3 N–H and O–H groups in total. The van der Waals surface area contributed by atoms with Crippen LogP contribution in [0.3, 0.4) is 0 Å². The molecule has 0 aromatic carbocycles. The SMILES string of the molecule is CCC1CCC(C2[NH2+]CCCC2[O-])CC1O. The van der Waals surface area contributed by atoms with E-state index >= 15 is 0 Å². The first-order valence-electron chi connectivity index (χ1n) is 6.89. The largest absolute Gasteiger partial charge is 0.848 e. The zero-order valence-electron chi connectivity index (χ0n) is 10.3. The van der Waals surface area contributed by atoms with Gasteiger partial charge in [-0.1, -0.05) is 25.9 Å². The van der Waals surface area contributed by atoms with Gasteiger partial charge in [0, 0.05) is 5.92 Å². The van der Waals surface area contributed by atoms with Crippen LogP contribution in [0.1, 0.15) is 45.4 Å². The molecule has 0 bridgehead atoms. The maximum Gasteiger partial charge on any atom is 0.0762 e. The Kier molecular flexibility index (Phi) is 4.22. The van der Waals surface area contributed by atoms with Crippen LogP contribution in [-0.2, 0) is 0 Å². The third-order valence-electron chi connectivity index (χ3n) is 4.63. The van der Waals surface area contributed by atoms with Crippen molar-refractivity contribution in [2.24, 2.45) is 11.8 Å². The highest BCUT2D eigenvalue weighted by Crippen LogP contribution is 2.33. The second-order valence-corrected chi connectivity index (χ2v) is 5.59. The van der Waals surface area contributed by atoms with E-state index in [0.29, 0.717) is 11.8 Å². The van der Waals surface area contributed by atoms with Gasteiger partial charge in [0.2, 0.25) is 0 Å². The van der Waals surface area contributed by atoms with E-state index in [1.807, 2.05) is 0 Å². The Morgan fingerprint density at radius 3 is 2.75 bits per heavy atom. The molecule has 0 radical (unpaired) electrons. The Hall–Kier alpha value is -0.120. The van der Waals surface area contributed by atoms with Gasteiger partial charge in [0.05, 0.1) is 18.7 Å². The maximum absolute atomic E-state index is 11.9. The van der Waals surface area contributed by atoms with Crippen molar-refractivity contribution in [3.05, 3.63) is 0 Å². The predicted molar refractivity (Wildman–Crippen MR) is 60.7 cm³/mol. The summed E-state index contributed by atoms with van der Waals surface area (Å²) in [5.74, 6) is 0.936. The Morgan fingerprint density at radius 1 is 1.31 bits per heavy atom. The number of piperidine rings is 1. The second kappa shape index (κ2) is 5.48. The number of nitrogens with two attached hydrogens (primary N) is 1. The van der Waals surface area contributed by atoms with Gasteiger partial charge in [0.1, 0.15) is 0 Å². The minimum absolute atomic E-state index is 0.161. The standard InChI is InChI=1S/C13H24NO2/c1-2-9-5-6-10(8-12(9)16)13-11(15)4-3-7-14-13/h9-14,16H,2-8H2,1H3/q-1/p+1. The van der Waals surface area contributed by atoms with Gasteiger partial charge >= 0.3 is 0 Å². The quantitative estimate of drug-likeness (QED) is 0.676. The number of rotatable bonds is 2. The Labute approximate surface area is 98.2 Å². The molecule has 1 aliphatic heterocycles. The highest BCUT2D eigenvalue weighted by Gasteiger charge is 2.35. The van der Waals surface area contributed by atoms with Crippen LogP contribution >= 0.6 is 0 Å². The molecule has 2 fully saturated rings. The first-order valence-corrected chi connectivity index (χ1v) is 6.89. The highest BCUT2D eigenvalue weighted by molar-refractivity contribution is 4.85. The summed E-state index contributed by atoms with van der Waals surface area (Å²) in [5, 5.41) is 24.2. The van der Waals surface area contributed by atoms with Crippen LogP contribution in [0.25, 0.3) is 0 Å². The minimum atomic E-state index is -0.399. The second-order valence-electron chi connectivity index (χ2n) is 5.59. The predicted octanol–water partition coefficient (Wildman–Crippen LogP) is -0.372. The molecule has 0 amide bonds. The molecule has 2 rings (SSSR count). The summed E-state index contributed by atoms with van der Waals surface area (Å²) in [6, 6.07) is 0.237. The van der Waals surface area contributed by atoms with E-state index in [2.05, 4.69) is 12.2 Å². The maximum atomic E-state index is 11.9. The number of aliphatic hydroxyl groups is 1. The molecule has 5 unspecified atom stereocenters. The van der Waals surface area contributed by atoms with E-state index in [4.69, 9.17) is 0 Å². The molecule has 1 saturated carbocycles. The van der Waals surface area contributed by atoms with Crippen molar-refractivity contribution in [2.45, 2.75) is 63.7 Å². The average Bonchev–Trinajstić information content (AvgIpc) is 2.29. The minimum Gasteiger partial charge on any atom is -0.848 e. The fourth-order valence-corrected chi connectivity index (χ4v) is 3.54. The molecule has 16 heavy (non-hydrogen) atoms. The fraction of sp³-hybridized carbons (Fsp3) is 1.00. The normalized spacial score (nSPS) is 45.6. The summed E-state index contributed by atoms with van der Waals surface area (Å²) in [6.45, 7) is 3.25. The third kappa shape index (κ3) is 2.58. The number of hydrogen-bond acceptors (Lipinski definition) is 2. The summed E-state index contributed by atoms with van der Waals surface area (Å²) in [5.41, 5.74) is 0. The van der Waals surface area contributed by atoms with E-state index in [1.54, 1.807) is 0 Å². The molecule has 0 aromatic rings. The Balaban J connectivity index is 1.90. The molecule has 3 nitrogen and oxygen atoms in total. The smallest absolute Gasteiger partial charge is 0.0762 e. The van der Waals surface area contributed by atoms with E-state index in [1.165, 1.54) is 0 Å². The van der Waals surface area contributed by atoms with Crippen LogP contribution in [0.2, 0.25) is 0 Å². The molecular formula is C13H25NO2. The molecule has 2 aliphatic rings. The topological polar surface area (TPSA) is 59.9 Å². The summed E-state index contributed by atoms with van der Waals surface area (Å²) in [4.78, 5) is 0. The molecule has 1 saturated heterocycles. The summed E-state index contributed by atoms with van der Waals surface area (Å²) in [6.07, 6.45) is 5.54. The van der Waals surface area contributed by atoms with Crippen molar-refractivity contribution in [1.29, 1.82) is 0 Å². The number of hydrogen-bond donors (Lipinski definition) is 2. The van der Waals surface area contributed by atoms with Crippen LogP contribution in [0.4, 0.5) is 0 Å². The third-order valence-corrected chi connectivity index (χ3v) is 4.63. The molecule has 3 heteroatoms. The summed E-state index contributed by atoms with van der Waals surface area (Å²) in [7, 11) is 0. The molecule has 5 atom stereocenters. The highest BCUT2D eigenvalue weighted by atomic mass is 16.3. The molecule has 94 valence electrons. The van der Waals surface area contributed by atoms with Gasteiger partial charge in [-0.25, -0.2) is 0 Å². The first-order chi connectivity index (χ1) is 7.72. The van der Waals surface area contributed by atoms with Gasteiger partial charge in [-0.3, -0.25) is 0 Å². The van der Waals surface area contributed by atoms with E-state index in [-0.39, 0.29) is 12.1 Å². The number of aliphatic hydroxyl groups excluding tert-OH is 1. The van der Waals surface area contributed by atoms with E-state index < -0.39 is 6.10 Å². The van der Waals surface area contributed by atoms with Crippen LogP contribution in [0.5, 0.6) is 0 Å². The van der Waals surface area contributed by atoms with Crippen LogP contribution in [-0.4, -0.2) is 29.9 Å². The van der Waals surface area contributed by atoms with Crippen LogP contribution in [0, 0.1) is 11.8 Å². The van der Waals surface area contributed by atoms with Crippen molar-refractivity contribution in [2.75, 3.05) is 6.54 Å². The van der Waals surface area contributed by atoms with Crippen LogP contribution < -0.4 is 10.4 Å². The fourth-order valence-electron chi connectivity index (χ4n) is 3.54. The van der Waals surface area contributed by atoms with Gasteiger partial charge in [-0.15, -0.1) is 0 Å². The lowest BCUT2D eigenvalue weighted by Gasteiger charge is -2.43. The summed E-state index contributed by atoms with van der Waals surface area (Å²) >= 11 is 0. The molecule has 1 heterocycles. The van der Waals surface area contributed by atoms with Crippen molar-refractivity contribution >= 4 is 0 Å². The van der Waals surface area contributed by atoms with E-state index in [0.717, 1.165) is 45.1 Å².